The summed E-state index contributed by atoms with van der Waals surface area (Å²) in [4.78, 5) is 0. The van der Waals surface area contributed by atoms with Crippen molar-refractivity contribution in [2.45, 2.75) is 173 Å². The average molecular weight is 477 g/mol. The Morgan fingerprint density at radius 1 is 0.394 bits per heavy atom. The van der Waals surface area contributed by atoms with Gasteiger partial charge in [-0.2, -0.15) is 0 Å². The van der Waals surface area contributed by atoms with Gasteiger partial charge in [0.15, 0.2) is 0 Å². The third-order valence-corrected chi connectivity index (χ3v) is 10.8. The van der Waals surface area contributed by atoms with Crippen LogP contribution in [0.3, 0.4) is 0 Å². The number of unbranched alkanes of at least 4 members (excludes halogenated alkanes) is 10. The first-order chi connectivity index (χ1) is 16.4. The van der Waals surface area contributed by atoms with Crippen LogP contribution in [-0.4, -0.2) is 6.16 Å². The molecule has 0 aliphatic heterocycles. The van der Waals surface area contributed by atoms with E-state index in [1.165, 1.54) is 89.6 Å². The van der Waals surface area contributed by atoms with Crippen LogP contribution in [0, 0.1) is 23.2 Å². The normalized spacial score (nSPS) is 22.1. The highest BCUT2D eigenvalue weighted by molar-refractivity contribution is 7.16. The quantitative estimate of drug-likeness (QED) is 0.153. The fourth-order valence-electron chi connectivity index (χ4n) is 8.70. The second-order valence-electron chi connectivity index (χ2n) is 12.5. The molecule has 0 spiro atoms. The smallest absolute Gasteiger partial charge is 0.0213 e. The van der Waals surface area contributed by atoms with Gasteiger partial charge in [-0.25, -0.2) is 0 Å². The lowest BCUT2D eigenvalue weighted by molar-refractivity contribution is -0.0571. The van der Waals surface area contributed by atoms with Crippen LogP contribution in [0.25, 0.3) is 0 Å². The Kier molecular flexibility index (Phi) is 14.4. The zero-order chi connectivity index (χ0) is 23.0. The van der Waals surface area contributed by atoms with Crippen LogP contribution in [0.4, 0.5) is 0 Å². The van der Waals surface area contributed by atoms with Crippen molar-refractivity contribution in [2.24, 2.45) is 23.2 Å². The van der Waals surface area contributed by atoms with E-state index < -0.39 is 0 Å². The fraction of sp³-hybridized carbons (Fsp3) is 1.00. The van der Waals surface area contributed by atoms with Crippen molar-refractivity contribution in [1.82, 2.24) is 0 Å². The molecule has 1 unspecified atom stereocenters. The van der Waals surface area contributed by atoms with Gasteiger partial charge in [-0.15, -0.1) is 9.24 Å². The molecule has 0 aromatic carbocycles. The SMILES string of the molecule is PCCCCCCCCCCCCCC(C1CCCCC1)(C1CCCCC1)C1CCCCC1. The van der Waals surface area contributed by atoms with Gasteiger partial charge in [0, 0.05) is 0 Å². The summed E-state index contributed by atoms with van der Waals surface area (Å²) < 4.78 is 0. The van der Waals surface area contributed by atoms with Crippen molar-refractivity contribution >= 4 is 9.24 Å². The van der Waals surface area contributed by atoms with Gasteiger partial charge in [0.05, 0.1) is 0 Å². The molecular formula is C32H61P. The first-order valence-corrected chi connectivity index (χ1v) is 16.9. The minimum atomic E-state index is 0.748. The molecular weight excluding hydrogens is 415 g/mol. The van der Waals surface area contributed by atoms with E-state index in [-0.39, 0.29) is 0 Å². The van der Waals surface area contributed by atoms with Gasteiger partial charge >= 0.3 is 0 Å². The number of hydrogen-bond donors (Lipinski definition) is 0. The molecule has 3 aliphatic carbocycles. The highest BCUT2D eigenvalue weighted by atomic mass is 31.0. The lowest BCUT2D eigenvalue weighted by atomic mass is 9.50. The lowest BCUT2D eigenvalue weighted by Gasteiger charge is -2.55. The van der Waals surface area contributed by atoms with Crippen LogP contribution in [0.5, 0.6) is 0 Å². The summed E-state index contributed by atoms with van der Waals surface area (Å²) in [5.74, 6) is 3.26. The van der Waals surface area contributed by atoms with E-state index in [0.717, 1.165) is 23.2 Å². The first kappa shape index (κ1) is 28.0. The zero-order valence-electron chi connectivity index (χ0n) is 22.6. The monoisotopic (exact) mass is 476 g/mol. The summed E-state index contributed by atoms with van der Waals surface area (Å²) in [6.07, 6.45) is 42.7. The zero-order valence-corrected chi connectivity index (χ0v) is 23.8. The van der Waals surface area contributed by atoms with Gasteiger partial charge < -0.3 is 0 Å². The van der Waals surface area contributed by atoms with Crippen molar-refractivity contribution in [1.29, 1.82) is 0 Å². The predicted molar refractivity (Wildman–Crippen MR) is 152 cm³/mol. The van der Waals surface area contributed by atoms with Crippen molar-refractivity contribution in [3.05, 3.63) is 0 Å². The van der Waals surface area contributed by atoms with Crippen molar-refractivity contribution < 1.29 is 0 Å². The molecule has 0 amide bonds. The highest BCUT2D eigenvalue weighted by Crippen LogP contribution is 2.59. The molecule has 0 heterocycles. The van der Waals surface area contributed by atoms with Crippen molar-refractivity contribution in [3.63, 3.8) is 0 Å². The third kappa shape index (κ3) is 9.10. The maximum atomic E-state index is 2.87. The summed E-state index contributed by atoms with van der Waals surface area (Å²) in [5.41, 5.74) is 0.748. The maximum absolute atomic E-state index is 2.87. The van der Waals surface area contributed by atoms with Gasteiger partial charge in [0.25, 0.3) is 0 Å². The summed E-state index contributed by atoms with van der Waals surface area (Å²) >= 11 is 0. The van der Waals surface area contributed by atoms with E-state index in [0.29, 0.717) is 0 Å². The molecule has 0 aromatic heterocycles. The lowest BCUT2D eigenvalue weighted by Crippen LogP contribution is -2.47. The summed E-state index contributed by atoms with van der Waals surface area (Å²) in [5, 5.41) is 0. The Balaban J connectivity index is 1.47. The highest BCUT2D eigenvalue weighted by Gasteiger charge is 2.49. The molecule has 0 aromatic rings. The third-order valence-electron chi connectivity index (χ3n) is 10.4. The first-order valence-electron chi connectivity index (χ1n) is 16.1. The largest absolute Gasteiger partial charge is 0.138 e. The second kappa shape index (κ2) is 17.0. The minimum Gasteiger partial charge on any atom is -0.138 e. The Morgan fingerprint density at radius 2 is 0.697 bits per heavy atom. The van der Waals surface area contributed by atoms with Crippen LogP contribution in [0.1, 0.15) is 173 Å². The number of rotatable bonds is 16. The van der Waals surface area contributed by atoms with E-state index in [1.54, 1.807) is 89.9 Å². The Morgan fingerprint density at radius 3 is 1.03 bits per heavy atom. The Hall–Kier alpha value is 0.430. The molecule has 0 N–H and O–H groups in total. The van der Waals surface area contributed by atoms with Gasteiger partial charge in [-0.3, -0.25) is 0 Å². The Bertz CT molecular complexity index is 408. The van der Waals surface area contributed by atoms with E-state index in [2.05, 4.69) is 9.24 Å². The topological polar surface area (TPSA) is 0 Å². The van der Waals surface area contributed by atoms with E-state index in [4.69, 9.17) is 0 Å². The molecule has 3 rings (SSSR count). The van der Waals surface area contributed by atoms with Crippen LogP contribution < -0.4 is 0 Å². The molecule has 0 nitrogen and oxygen atoms in total. The molecule has 3 aliphatic rings. The van der Waals surface area contributed by atoms with Crippen molar-refractivity contribution in [3.8, 4) is 0 Å². The predicted octanol–water partition coefficient (Wildman–Crippen LogP) is 11.3. The van der Waals surface area contributed by atoms with E-state index in [1.807, 2.05) is 0 Å². The van der Waals surface area contributed by atoms with E-state index >= 15 is 0 Å². The molecule has 3 fully saturated rings. The van der Waals surface area contributed by atoms with Crippen LogP contribution >= 0.6 is 9.24 Å². The van der Waals surface area contributed by atoms with Gasteiger partial charge in [0.2, 0.25) is 0 Å². The van der Waals surface area contributed by atoms with Gasteiger partial charge in [-0.05, 0) is 80.7 Å². The Labute approximate surface area is 211 Å². The maximum Gasteiger partial charge on any atom is -0.0213 e. The number of hydrogen-bond acceptors (Lipinski definition) is 0. The summed E-state index contributed by atoms with van der Waals surface area (Å²) in [6.45, 7) is 0. The molecule has 1 heteroatoms. The second-order valence-corrected chi connectivity index (χ2v) is 13.1. The molecule has 3 saturated carbocycles. The molecule has 33 heavy (non-hydrogen) atoms. The summed E-state index contributed by atoms with van der Waals surface area (Å²) in [6, 6.07) is 0. The molecule has 194 valence electrons. The molecule has 1 atom stereocenters. The molecule has 0 bridgehead atoms. The van der Waals surface area contributed by atoms with Gasteiger partial charge in [0.1, 0.15) is 0 Å². The minimum absolute atomic E-state index is 0.748. The average Bonchev–Trinajstić information content (AvgIpc) is 2.89. The fourth-order valence-corrected chi connectivity index (χ4v) is 8.99. The van der Waals surface area contributed by atoms with Crippen LogP contribution in [0.15, 0.2) is 0 Å². The van der Waals surface area contributed by atoms with Crippen LogP contribution in [0.2, 0.25) is 0 Å². The van der Waals surface area contributed by atoms with Crippen molar-refractivity contribution in [2.75, 3.05) is 6.16 Å². The molecule has 0 radical (unpaired) electrons. The van der Waals surface area contributed by atoms with Gasteiger partial charge in [-0.1, -0.05) is 122 Å². The van der Waals surface area contributed by atoms with E-state index in [9.17, 15) is 0 Å². The van der Waals surface area contributed by atoms with Crippen LogP contribution in [-0.2, 0) is 0 Å². The summed E-state index contributed by atoms with van der Waals surface area (Å²) in [7, 11) is 2.87. The standard InChI is InChI=1S/C32H61P/c33-28-20-9-7-5-3-1-2-4-6-8-19-27-32(29-21-13-10-14-22-29,30-23-15-11-16-24-30)31-25-17-12-18-26-31/h29-31H,1-28,33H2. The molecule has 0 saturated heterocycles.